The molecular weight excluding hydrogens is 432 g/mol. The summed E-state index contributed by atoms with van der Waals surface area (Å²) in [6.45, 7) is 3.42. The van der Waals surface area contributed by atoms with E-state index in [4.69, 9.17) is 5.73 Å². The second-order valence-corrected chi connectivity index (χ2v) is 11.8. The van der Waals surface area contributed by atoms with Gasteiger partial charge in [0.05, 0.1) is 9.79 Å². The normalized spacial score (nSPS) is 12.5. The number of pyridine rings is 1. The van der Waals surface area contributed by atoms with E-state index in [-0.39, 0.29) is 15.6 Å². The number of aromatic nitrogens is 1. The molecular formula is C23H22N2O4S2. The Morgan fingerprint density at radius 3 is 2.13 bits per heavy atom. The molecule has 0 aliphatic carbocycles. The van der Waals surface area contributed by atoms with Crippen molar-refractivity contribution in [2.24, 2.45) is 0 Å². The van der Waals surface area contributed by atoms with Crippen LogP contribution in [0.15, 0.2) is 58.5 Å². The highest BCUT2D eigenvalue weighted by Crippen LogP contribution is 2.44. The van der Waals surface area contributed by atoms with Gasteiger partial charge < -0.3 is 5.73 Å². The zero-order valence-corrected chi connectivity index (χ0v) is 19.2. The fraction of sp³-hybridized carbons (Fsp3) is 0.174. The number of hydrogen-bond donors (Lipinski definition) is 1. The van der Waals surface area contributed by atoms with Gasteiger partial charge in [-0.2, -0.15) is 0 Å². The molecule has 6 nitrogen and oxygen atoms in total. The highest BCUT2D eigenvalue weighted by Gasteiger charge is 2.26. The van der Waals surface area contributed by atoms with E-state index in [1.54, 1.807) is 32.0 Å². The first-order valence-corrected chi connectivity index (χ1v) is 13.3. The lowest BCUT2D eigenvalue weighted by molar-refractivity contribution is 0.600. The lowest BCUT2D eigenvalue weighted by Crippen LogP contribution is -2.08. The Morgan fingerprint density at radius 1 is 0.806 bits per heavy atom. The van der Waals surface area contributed by atoms with Gasteiger partial charge in [-0.05, 0) is 64.9 Å². The van der Waals surface area contributed by atoms with Gasteiger partial charge in [0.25, 0.3) is 0 Å². The van der Waals surface area contributed by atoms with Crippen LogP contribution in [0, 0.1) is 13.8 Å². The number of nitrogens with two attached hydrogens (primary N) is 1. The summed E-state index contributed by atoms with van der Waals surface area (Å²) in [7, 11) is -7.22. The molecule has 3 aromatic carbocycles. The van der Waals surface area contributed by atoms with Crippen molar-refractivity contribution >= 4 is 47.0 Å². The lowest BCUT2D eigenvalue weighted by atomic mass is 9.89. The Labute approximate surface area is 181 Å². The van der Waals surface area contributed by atoms with Gasteiger partial charge in [0.2, 0.25) is 0 Å². The summed E-state index contributed by atoms with van der Waals surface area (Å²) in [5.41, 5.74) is 8.16. The number of aryl methyl sites for hydroxylation is 1. The number of nitrogen functional groups attached to an aromatic ring is 1. The fourth-order valence-corrected chi connectivity index (χ4v) is 6.55. The molecule has 8 heteroatoms. The molecule has 1 aromatic heterocycles. The molecule has 0 fully saturated rings. The lowest BCUT2D eigenvalue weighted by Gasteiger charge is -2.21. The number of anilines is 1. The van der Waals surface area contributed by atoms with Crippen molar-refractivity contribution in [2.45, 2.75) is 23.6 Å². The van der Waals surface area contributed by atoms with Crippen LogP contribution in [-0.2, 0) is 19.7 Å². The van der Waals surface area contributed by atoms with Crippen LogP contribution < -0.4 is 5.73 Å². The Bertz CT molecular complexity index is 1610. The summed E-state index contributed by atoms with van der Waals surface area (Å²) < 4.78 is 51.1. The minimum absolute atomic E-state index is 0.157. The van der Waals surface area contributed by atoms with Crippen molar-refractivity contribution in [3.05, 3.63) is 59.8 Å². The third-order valence-corrected chi connectivity index (χ3v) is 8.01. The summed E-state index contributed by atoms with van der Waals surface area (Å²) in [5.74, 6) is 0.281. The van der Waals surface area contributed by atoms with Crippen molar-refractivity contribution in [1.82, 2.24) is 4.98 Å². The minimum Gasteiger partial charge on any atom is -0.383 e. The van der Waals surface area contributed by atoms with E-state index in [2.05, 4.69) is 4.98 Å². The van der Waals surface area contributed by atoms with Crippen molar-refractivity contribution in [3.63, 3.8) is 0 Å². The van der Waals surface area contributed by atoms with E-state index in [1.165, 1.54) is 6.20 Å². The third-order valence-electron chi connectivity index (χ3n) is 5.52. The van der Waals surface area contributed by atoms with Crippen LogP contribution in [0.2, 0.25) is 0 Å². The molecule has 0 spiro atoms. The molecule has 0 saturated heterocycles. The molecule has 160 valence electrons. The van der Waals surface area contributed by atoms with Gasteiger partial charge in [-0.1, -0.05) is 24.3 Å². The van der Waals surface area contributed by atoms with E-state index in [0.717, 1.165) is 17.9 Å². The molecule has 4 rings (SSSR count). The molecule has 0 aliphatic heterocycles. The second-order valence-electron chi connectivity index (χ2n) is 7.83. The monoisotopic (exact) mass is 454 g/mol. The molecule has 0 radical (unpaired) electrons. The standard InChI is InChI=1S/C23H22N2O4S2/c1-13-11-18-17(9-10-25-23(18)24)21(22(13)31(4,28)29)20-14(2)19(30(3,26)27)12-15-7-5-6-8-16(15)20/h5-12H,1-4H3,(H2,24,25). The van der Waals surface area contributed by atoms with Crippen LogP contribution in [0.5, 0.6) is 0 Å². The molecule has 4 aromatic rings. The van der Waals surface area contributed by atoms with Gasteiger partial charge in [0.15, 0.2) is 19.7 Å². The van der Waals surface area contributed by atoms with Gasteiger partial charge >= 0.3 is 0 Å². The average Bonchev–Trinajstić information content (AvgIpc) is 2.66. The summed E-state index contributed by atoms with van der Waals surface area (Å²) in [6.07, 6.45) is 3.84. The molecule has 31 heavy (non-hydrogen) atoms. The molecule has 0 bridgehead atoms. The van der Waals surface area contributed by atoms with Crippen LogP contribution in [0.1, 0.15) is 11.1 Å². The van der Waals surface area contributed by atoms with Crippen molar-refractivity contribution in [1.29, 1.82) is 0 Å². The van der Waals surface area contributed by atoms with Gasteiger partial charge in [0, 0.05) is 29.7 Å². The largest absolute Gasteiger partial charge is 0.383 e. The maximum Gasteiger partial charge on any atom is 0.176 e. The first-order valence-electron chi connectivity index (χ1n) is 9.52. The highest BCUT2D eigenvalue weighted by atomic mass is 32.2. The van der Waals surface area contributed by atoms with Crippen molar-refractivity contribution in [2.75, 3.05) is 18.2 Å². The molecule has 0 aliphatic rings. The first kappa shape index (κ1) is 21.3. The Kier molecular flexibility index (Phi) is 4.83. The minimum atomic E-state index is -3.66. The van der Waals surface area contributed by atoms with Gasteiger partial charge in [0.1, 0.15) is 5.82 Å². The maximum atomic E-state index is 12.9. The third kappa shape index (κ3) is 3.45. The van der Waals surface area contributed by atoms with Crippen LogP contribution in [0.3, 0.4) is 0 Å². The van der Waals surface area contributed by atoms with Gasteiger partial charge in [-0.25, -0.2) is 21.8 Å². The van der Waals surface area contributed by atoms with Crippen molar-refractivity contribution in [3.8, 4) is 11.1 Å². The van der Waals surface area contributed by atoms with E-state index in [0.29, 0.717) is 38.4 Å². The van der Waals surface area contributed by atoms with E-state index >= 15 is 0 Å². The van der Waals surface area contributed by atoms with E-state index in [1.807, 2.05) is 24.3 Å². The zero-order chi connectivity index (χ0) is 22.7. The smallest absolute Gasteiger partial charge is 0.176 e. The van der Waals surface area contributed by atoms with Crippen LogP contribution >= 0.6 is 0 Å². The average molecular weight is 455 g/mol. The Morgan fingerprint density at radius 2 is 1.48 bits per heavy atom. The highest BCUT2D eigenvalue weighted by molar-refractivity contribution is 7.91. The number of nitrogens with zero attached hydrogens (tertiary/aromatic N) is 1. The van der Waals surface area contributed by atoms with Crippen LogP contribution in [0.4, 0.5) is 5.82 Å². The van der Waals surface area contributed by atoms with Gasteiger partial charge in [-0.3, -0.25) is 0 Å². The zero-order valence-electron chi connectivity index (χ0n) is 17.6. The molecule has 1 heterocycles. The molecule has 0 atom stereocenters. The predicted molar refractivity (Wildman–Crippen MR) is 125 cm³/mol. The summed E-state index contributed by atoms with van der Waals surface area (Å²) in [4.78, 5) is 4.47. The first-order chi connectivity index (χ1) is 14.4. The summed E-state index contributed by atoms with van der Waals surface area (Å²) in [6, 6.07) is 12.4. The maximum absolute atomic E-state index is 12.9. The molecule has 0 unspecified atom stereocenters. The van der Waals surface area contributed by atoms with E-state index < -0.39 is 19.7 Å². The number of hydrogen-bond acceptors (Lipinski definition) is 6. The Hall–Kier alpha value is -2.97. The fourth-order valence-electron chi connectivity index (χ4n) is 4.32. The van der Waals surface area contributed by atoms with E-state index in [9.17, 15) is 16.8 Å². The summed E-state index contributed by atoms with van der Waals surface area (Å²) >= 11 is 0. The molecule has 2 N–H and O–H groups in total. The van der Waals surface area contributed by atoms with Crippen LogP contribution in [-0.4, -0.2) is 34.3 Å². The molecule has 0 saturated carbocycles. The topological polar surface area (TPSA) is 107 Å². The SMILES string of the molecule is Cc1cc2c(N)nccc2c(-c2c(C)c(S(C)(=O)=O)cc3ccccc23)c1S(C)(=O)=O. The van der Waals surface area contributed by atoms with Gasteiger partial charge in [-0.15, -0.1) is 0 Å². The predicted octanol–water partition coefficient (Wildman–Crippen LogP) is 4.06. The molecule has 0 amide bonds. The number of fused-ring (bicyclic) bond motifs is 2. The number of rotatable bonds is 3. The van der Waals surface area contributed by atoms with Crippen molar-refractivity contribution < 1.29 is 16.8 Å². The number of sulfone groups is 2. The second kappa shape index (κ2) is 7.03. The quantitative estimate of drug-likeness (QED) is 0.500. The number of benzene rings is 3. The summed E-state index contributed by atoms with van der Waals surface area (Å²) in [5, 5.41) is 2.70. The van der Waals surface area contributed by atoms with Crippen LogP contribution in [0.25, 0.3) is 32.7 Å². The Balaban J connectivity index is 2.40.